The Morgan fingerprint density at radius 2 is 1.33 bits per heavy atom. The van der Waals surface area contributed by atoms with E-state index < -0.39 is 24.0 Å². The Balaban J connectivity index is 3.40. The average molecular weight is 348 g/mol. The van der Waals surface area contributed by atoms with Crippen LogP contribution in [0.2, 0.25) is 14.9 Å². The van der Waals surface area contributed by atoms with Crippen molar-refractivity contribution in [3.05, 3.63) is 0 Å². The monoisotopic (exact) mass is 350 g/mol. The first kappa shape index (κ1) is 14.9. The zero-order valence-electron chi connectivity index (χ0n) is 7.96. The summed E-state index contributed by atoms with van der Waals surface area (Å²) in [6.07, 6.45) is 0. The zero-order chi connectivity index (χ0) is 11.8. The molecule has 0 aliphatic heterocycles. The summed E-state index contributed by atoms with van der Waals surface area (Å²) in [4.78, 5) is 20.7. The fourth-order valence-electron chi connectivity index (χ4n) is 0.552. The second-order valence-corrected chi connectivity index (χ2v) is 8.92. The van der Waals surface area contributed by atoms with Crippen molar-refractivity contribution in [1.82, 2.24) is 0 Å². The van der Waals surface area contributed by atoms with Crippen LogP contribution >= 0.6 is 0 Å². The van der Waals surface area contributed by atoms with Crippen LogP contribution < -0.4 is 11.5 Å². The van der Waals surface area contributed by atoms with E-state index in [-0.39, 0.29) is 29.9 Å². The third kappa shape index (κ3) is 7.79. The van der Waals surface area contributed by atoms with Crippen molar-refractivity contribution >= 4 is 41.9 Å². The molecule has 15 heavy (non-hydrogen) atoms. The second kappa shape index (κ2) is 8.10. The minimum atomic E-state index is -0.980. The fraction of sp³-hybridized carbons (Fsp3) is 0.714. The van der Waals surface area contributed by atoms with Crippen LogP contribution in [-0.4, -0.2) is 64.1 Å². The van der Waals surface area contributed by atoms with E-state index in [9.17, 15) is 9.59 Å². The average Bonchev–Trinajstić information content (AvgIpc) is 2.16. The van der Waals surface area contributed by atoms with E-state index in [0.717, 1.165) is 4.22 Å². The van der Waals surface area contributed by atoms with Gasteiger partial charge in [-0.05, 0) is 0 Å². The molecule has 0 aromatic heterocycles. The van der Waals surface area contributed by atoms with Gasteiger partial charge < -0.3 is 0 Å². The number of hydrogen-bond donors (Lipinski definition) is 4. The number of nitrogens with two attached hydrogens (primary N) is 2. The van der Waals surface area contributed by atoms with E-state index in [1.54, 1.807) is 0 Å². The molecule has 0 aromatic carbocycles. The van der Waals surface area contributed by atoms with Crippen molar-refractivity contribution in [2.24, 2.45) is 11.5 Å². The van der Waals surface area contributed by atoms with E-state index in [1.807, 2.05) is 0 Å². The third-order valence-corrected chi connectivity index (χ3v) is 8.23. The molecule has 2 atom stereocenters. The molecule has 8 heteroatoms. The summed E-state index contributed by atoms with van der Waals surface area (Å²) in [5, 5.41) is 18.0. The molecule has 0 radical (unpaired) electrons. The van der Waals surface area contributed by atoms with Crippen LogP contribution in [0.25, 0.3) is 0 Å². The molecule has 0 spiro atoms. The standard InChI is InChI=1S/C7H14N2O4Se2/c8-4(6(10)11)1-14-3-15-2-5(9)7(12)13/h4-5H,1-3,8-9H2,(H,10,11)(H,12,13)/t4-,5-/m1/s1. The summed E-state index contributed by atoms with van der Waals surface area (Å²) in [6, 6.07) is -1.57. The normalized spacial score (nSPS) is 14.5. The van der Waals surface area contributed by atoms with Gasteiger partial charge in [0.05, 0.1) is 0 Å². The molecular weight excluding hydrogens is 334 g/mol. The summed E-state index contributed by atoms with van der Waals surface area (Å²) in [7, 11) is 0. The van der Waals surface area contributed by atoms with Crippen LogP contribution in [0, 0.1) is 0 Å². The molecule has 0 saturated carbocycles. The molecule has 0 heterocycles. The molecule has 0 rings (SSSR count). The molecule has 0 amide bonds. The predicted molar refractivity (Wildman–Crippen MR) is 57.2 cm³/mol. The first-order valence-corrected chi connectivity index (χ1v) is 8.92. The van der Waals surface area contributed by atoms with Gasteiger partial charge >= 0.3 is 100 Å². The molecule has 88 valence electrons. The van der Waals surface area contributed by atoms with E-state index in [2.05, 4.69) is 0 Å². The number of hydrogen-bond acceptors (Lipinski definition) is 4. The Morgan fingerprint density at radius 3 is 1.60 bits per heavy atom. The number of carboxylic acids is 2. The summed E-state index contributed by atoms with van der Waals surface area (Å²) in [5.41, 5.74) is 10.6. The van der Waals surface area contributed by atoms with E-state index >= 15 is 0 Å². The van der Waals surface area contributed by atoms with Crippen molar-refractivity contribution in [3.63, 3.8) is 0 Å². The fourth-order valence-corrected chi connectivity index (χ4v) is 6.25. The molecule has 0 aromatic rings. The number of rotatable bonds is 8. The SMILES string of the molecule is N[C@H](C[Se]C[Se]C[C@@H](N)C(=O)O)C(=O)O. The van der Waals surface area contributed by atoms with Crippen molar-refractivity contribution in [2.45, 2.75) is 26.9 Å². The maximum absolute atomic E-state index is 10.4. The molecule has 0 aliphatic rings. The molecule has 0 unspecified atom stereocenters. The van der Waals surface area contributed by atoms with Crippen molar-refractivity contribution in [1.29, 1.82) is 0 Å². The molecule has 0 saturated heterocycles. The van der Waals surface area contributed by atoms with Gasteiger partial charge in [0.1, 0.15) is 0 Å². The Hall–Kier alpha value is -0.101. The summed E-state index contributed by atoms with van der Waals surface area (Å²) in [6.45, 7) is 0. The number of aliphatic carboxylic acids is 2. The van der Waals surface area contributed by atoms with E-state index in [0.29, 0.717) is 10.6 Å². The van der Waals surface area contributed by atoms with Crippen LogP contribution in [0.4, 0.5) is 0 Å². The topological polar surface area (TPSA) is 127 Å². The van der Waals surface area contributed by atoms with Crippen molar-refractivity contribution in [3.8, 4) is 0 Å². The summed E-state index contributed by atoms with van der Waals surface area (Å²) in [5.74, 6) is -1.96. The van der Waals surface area contributed by atoms with Gasteiger partial charge in [-0.15, -0.1) is 0 Å². The van der Waals surface area contributed by atoms with Gasteiger partial charge in [-0.3, -0.25) is 0 Å². The zero-order valence-corrected chi connectivity index (χ0v) is 11.4. The second-order valence-electron chi connectivity index (χ2n) is 2.75. The van der Waals surface area contributed by atoms with E-state index in [1.165, 1.54) is 0 Å². The molecular formula is C7H14N2O4Se2. The first-order chi connectivity index (χ1) is 6.95. The number of carboxylic acid groups (broad SMARTS) is 2. The van der Waals surface area contributed by atoms with Crippen LogP contribution in [0.3, 0.4) is 0 Å². The van der Waals surface area contributed by atoms with Gasteiger partial charge in [0, 0.05) is 0 Å². The maximum atomic E-state index is 10.4. The predicted octanol–water partition coefficient (Wildman–Crippen LogP) is -1.57. The van der Waals surface area contributed by atoms with Crippen LogP contribution in [-0.2, 0) is 9.59 Å². The van der Waals surface area contributed by atoms with Gasteiger partial charge in [-0.1, -0.05) is 0 Å². The summed E-state index contributed by atoms with van der Waals surface area (Å²) >= 11 is 0.353. The molecule has 0 aliphatic carbocycles. The van der Waals surface area contributed by atoms with Crippen LogP contribution in [0.1, 0.15) is 0 Å². The first-order valence-electron chi connectivity index (χ1n) is 4.07. The molecule has 0 fully saturated rings. The van der Waals surface area contributed by atoms with Gasteiger partial charge in [0.2, 0.25) is 0 Å². The molecule has 6 nitrogen and oxygen atoms in total. The van der Waals surface area contributed by atoms with Gasteiger partial charge in [-0.25, -0.2) is 0 Å². The Bertz CT molecular complexity index is 205. The minimum absolute atomic E-state index is 0.177. The Morgan fingerprint density at radius 1 is 1.00 bits per heavy atom. The Kier molecular flexibility index (Phi) is 8.04. The Labute approximate surface area is 100 Å². The summed E-state index contributed by atoms with van der Waals surface area (Å²) < 4.78 is 0.877. The van der Waals surface area contributed by atoms with Crippen LogP contribution in [0.5, 0.6) is 0 Å². The quantitative estimate of drug-likeness (QED) is 0.310. The van der Waals surface area contributed by atoms with Gasteiger partial charge in [-0.2, -0.15) is 0 Å². The van der Waals surface area contributed by atoms with Gasteiger partial charge in [0.15, 0.2) is 0 Å². The molecule has 0 bridgehead atoms. The van der Waals surface area contributed by atoms with Crippen molar-refractivity contribution in [2.75, 3.05) is 0 Å². The third-order valence-electron chi connectivity index (χ3n) is 1.40. The number of carbonyl (C=O) groups is 2. The van der Waals surface area contributed by atoms with E-state index in [4.69, 9.17) is 21.7 Å². The van der Waals surface area contributed by atoms with Gasteiger partial charge in [0.25, 0.3) is 0 Å². The molecule has 6 N–H and O–H groups in total. The van der Waals surface area contributed by atoms with Crippen molar-refractivity contribution < 1.29 is 19.8 Å². The van der Waals surface area contributed by atoms with Crippen LogP contribution in [0.15, 0.2) is 0 Å².